The third kappa shape index (κ3) is 3.81. The number of aryl methyl sites for hydroxylation is 1. The van der Waals surface area contributed by atoms with Crippen LogP contribution >= 0.6 is 0 Å². The van der Waals surface area contributed by atoms with Crippen molar-refractivity contribution in [2.45, 2.75) is 6.92 Å². The summed E-state index contributed by atoms with van der Waals surface area (Å²) in [4.78, 5) is 2.42. The molecule has 7 aromatic carbocycles. The highest BCUT2D eigenvalue weighted by Gasteiger charge is 2.21. The molecule has 0 bridgehead atoms. The fraction of sp³-hybridized carbons (Fsp3) is 0.0270. The van der Waals surface area contributed by atoms with Crippen molar-refractivity contribution in [1.82, 2.24) is 0 Å². The summed E-state index contributed by atoms with van der Waals surface area (Å²) in [5.74, 6) is 0. The Bertz CT molecular complexity index is 1940. The second-order valence-electron chi connectivity index (χ2n) is 9.91. The lowest BCUT2D eigenvalue weighted by Gasteiger charge is -2.29. The molecule has 0 atom stereocenters. The largest absolute Gasteiger partial charge is 0.310 e. The highest BCUT2D eigenvalue weighted by atomic mass is 15.1. The van der Waals surface area contributed by atoms with Crippen molar-refractivity contribution in [3.63, 3.8) is 0 Å². The quantitative estimate of drug-likeness (QED) is 0.240. The first-order valence-electron chi connectivity index (χ1n) is 13.1. The minimum atomic E-state index is 1.14. The number of anilines is 3. The molecule has 0 aliphatic carbocycles. The zero-order valence-electron chi connectivity index (χ0n) is 21.3. The van der Waals surface area contributed by atoms with E-state index in [1.807, 2.05) is 0 Å². The van der Waals surface area contributed by atoms with Crippen molar-refractivity contribution in [1.29, 1.82) is 0 Å². The fourth-order valence-corrected chi connectivity index (χ4v) is 5.68. The van der Waals surface area contributed by atoms with Gasteiger partial charge in [-0.05, 0) is 80.7 Å². The van der Waals surface area contributed by atoms with Crippen molar-refractivity contribution in [2.75, 3.05) is 4.90 Å². The van der Waals surface area contributed by atoms with Crippen LogP contribution < -0.4 is 4.90 Å². The predicted octanol–water partition coefficient (Wildman–Crippen LogP) is 10.6. The highest BCUT2D eigenvalue weighted by molar-refractivity contribution is 6.11. The average molecular weight is 486 g/mol. The zero-order chi connectivity index (χ0) is 25.5. The molecule has 0 spiro atoms. The number of fused-ring (bicyclic) bond motifs is 3. The van der Waals surface area contributed by atoms with Gasteiger partial charge < -0.3 is 4.90 Å². The SMILES string of the molecule is Cc1cccc(N(c2ccc3ccccc3c2)c2ccc3ccccc3c2-c2cccc3ccccc23)c1. The summed E-state index contributed by atoms with van der Waals surface area (Å²) in [7, 11) is 0. The van der Waals surface area contributed by atoms with Gasteiger partial charge in [0, 0.05) is 16.9 Å². The third-order valence-electron chi connectivity index (χ3n) is 7.46. The van der Waals surface area contributed by atoms with Crippen LogP contribution in [-0.4, -0.2) is 0 Å². The number of nitrogens with zero attached hydrogens (tertiary/aromatic N) is 1. The summed E-state index contributed by atoms with van der Waals surface area (Å²) in [5.41, 5.74) is 7.19. The molecule has 0 saturated carbocycles. The minimum Gasteiger partial charge on any atom is -0.310 e. The van der Waals surface area contributed by atoms with Crippen molar-refractivity contribution >= 4 is 49.4 Å². The van der Waals surface area contributed by atoms with E-state index < -0.39 is 0 Å². The molecule has 0 heterocycles. The first kappa shape index (κ1) is 22.3. The Balaban J connectivity index is 1.59. The Morgan fingerprint density at radius 2 is 1.03 bits per heavy atom. The first-order valence-corrected chi connectivity index (χ1v) is 13.1. The van der Waals surface area contributed by atoms with Crippen LogP contribution in [0, 0.1) is 6.92 Å². The Morgan fingerprint density at radius 1 is 0.421 bits per heavy atom. The molecule has 1 heteroatoms. The molecule has 0 aliphatic rings. The van der Waals surface area contributed by atoms with E-state index in [2.05, 4.69) is 157 Å². The second-order valence-corrected chi connectivity index (χ2v) is 9.91. The van der Waals surface area contributed by atoms with E-state index >= 15 is 0 Å². The molecule has 180 valence electrons. The normalized spacial score (nSPS) is 11.3. The summed E-state index contributed by atoms with van der Waals surface area (Å²) < 4.78 is 0. The standard InChI is InChI=1S/C37H27N/c1-26-10-8-16-31(24-26)38(32-22-20-27-11-2-3-14-30(27)25-32)36-23-21-29-13-5-7-18-34(29)37(36)35-19-9-15-28-12-4-6-17-33(28)35/h2-25H,1H3. The van der Waals surface area contributed by atoms with E-state index in [0.29, 0.717) is 0 Å². The molecule has 0 unspecified atom stereocenters. The summed E-state index contributed by atoms with van der Waals surface area (Å²) in [6.07, 6.45) is 0. The molecule has 0 amide bonds. The summed E-state index contributed by atoms with van der Waals surface area (Å²) in [6, 6.07) is 52.8. The van der Waals surface area contributed by atoms with Gasteiger partial charge in [-0.25, -0.2) is 0 Å². The van der Waals surface area contributed by atoms with Gasteiger partial charge in [-0.2, -0.15) is 0 Å². The van der Waals surface area contributed by atoms with E-state index in [1.54, 1.807) is 0 Å². The van der Waals surface area contributed by atoms with E-state index in [4.69, 9.17) is 0 Å². The Kier molecular flexibility index (Phi) is 5.41. The lowest BCUT2D eigenvalue weighted by Crippen LogP contribution is -2.11. The highest BCUT2D eigenvalue weighted by Crippen LogP contribution is 2.46. The van der Waals surface area contributed by atoms with E-state index in [9.17, 15) is 0 Å². The average Bonchev–Trinajstić information content (AvgIpc) is 2.97. The van der Waals surface area contributed by atoms with Gasteiger partial charge >= 0.3 is 0 Å². The first-order chi connectivity index (χ1) is 18.8. The van der Waals surface area contributed by atoms with Crippen molar-refractivity contribution < 1.29 is 0 Å². The molecule has 0 aromatic heterocycles. The molecule has 0 aliphatic heterocycles. The van der Waals surface area contributed by atoms with Gasteiger partial charge in [-0.1, -0.05) is 115 Å². The number of benzene rings is 7. The lowest BCUT2D eigenvalue weighted by atomic mass is 9.91. The predicted molar refractivity (Wildman–Crippen MR) is 164 cm³/mol. The van der Waals surface area contributed by atoms with Gasteiger partial charge in [0.1, 0.15) is 0 Å². The summed E-state index contributed by atoms with van der Waals surface area (Å²) in [6.45, 7) is 2.16. The van der Waals surface area contributed by atoms with Crippen LogP contribution in [0.4, 0.5) is 17.1 Å². The maximum Gasteiger partial charge on any atom is 0.0546 e. The maximum atomic E-state index is 2.42. The van der Waals surface area contributed by atoms with Crippen LogP contribution in [0.1, 0.15) is 5.56 Å². The molecule has 7 rings (SSSR count). The minimum absolute atomic E-state index is 1.14. The smallest absolute Gasteiger partial charge is 0.0546 e. The Morgan fingerprint density at radius 3 is 1.84 bits per heavy atom. The van der Waals surface area contributed by atoms with Crippen molar-refractivity contribution in [2.24, 2.45) is 0 Å². The van der Waals surface area contributed by atoms with Gasteiger partial charge in [0.05, 0.1) is 5.69 Å². The summed E-state index contributed by atoms with van der Waals surface area (Å²) in [5, 5.41) is 7.47. The van der Waals surface area contributed by atoms with Crippen molar-refractivity contribution in [3.05, 3.63) is 151 Å². The van der Waals surface area contributed by atoms with Crippen LogP contribution in [-0.2, 0) is 0 Å². The molecule has 0 radical (unpaired) electrons. The monoisotopic (exact) mass is 485 g/mol. The maximum absolute atomic E-state index is 2.42. The van der Waals surface area contributed by atoms with Crippen LogP contribution in [0.25, 0.3) is 43.4 Å². The van der Waals surface area contributed by atoms with E-state index in [1.165, 1.54) is 54.7 Å². The van der Waals surface area contributed by atoms with Crippen LogP contribution in [0.5, 0.6) is 0 Å². The van der Waals surface area contributed by atoms with Gasteiger partial charge in [-0.3, -0.25) is 0 Å². The van der Waals surface area contributed by atoms with E-state index in [0.717, 1.165) is 11.4 Å². The molecule has 0 N–H and O–H groups in total. The van der Waals surface area contributed by atoms with Crippen LogP contribution in [0.15, 0.2) is 146 Å². The van der Waals surface area contributed by atoms with Crippen molar-refractivity contribution in [3.8, 4) is 11.1 Å². The number of hydrogen-bond acceptors (Lipinski definition) is 1. The Labute approximate surface area is 223 Å². The lowest BCUT2D eigenvalue weighted by molar-refractivity contribution is 1.28. The molecular formula is C37H27N. The zero-order valence-corrected chi connectivity index (χ0v) is 21.3. The fourth-order valence-electron chi connectivity index (χ4n) is 5.68. The topological polar surface area (TPSA) is 3.24 Å². The molecule has 7 aromatic rings. The molecular weight excluding hydrogens is 458 g/mol. The second kappa shape index (κ2) is 9.21. The van der Waals surface area contributed by atoms with Gasteiger partial charge in [-0.15, -0.1) is 0 Å². The van der Waals surface area contributed by atoms with Gasteiger partial charge in [0.15, 0.2) is 0 Å². The molecule has 0 saturated heterocycles. The number of hydrogen-bond donors (Lipinski definition) is 0. The summed E-state index contributed by atoms with van der Waals surface area (Å²) >= 11 is 0. The van der Waals surface area contributed by atoms with Crippen LogP contribution in [0.3, 0.4) is 0 Å². The number of rotatable bonds is 4. The van der Waals surface area contributed by atoms with Gasteiger partial charge in [0.25, 0.3) is 0 Å². The van der Waals surface area contributed by atoms with Crippen LogP contribution in [0.2, 0.25) is 0 Å². The van der Waals surface area contributed by atoms with Gasteiger partial charge in [0.2, 0.25) is 0 Å². The third-order valence-corrected chi connectivity index (χ3v) is 7.46. The van der Waals surface area contributed by atoms with E-state index in [-0.39, 0.29) is 0 Å². The Hall–Kier alpha value is -4.88. The molecule has 1 nitrogen and oxygen atoms in total. The molecule has 38 heavy (non-hydrogen) atoms. The molecule has 0 fully saturated rings.